The van der Waals surface area contributed by atoms with Gasteiger partial charge in [0.2, 0.25) is 0 Å². The van der Waals surface area contributed by atoms with Crippen LogP contribution in [0.4, 0.5) is 0 Å². The minimum Gasteiger partial charge on any atom is -0.453 e. The summed E-state index contributed by atoms with van der Waals surface area (Å²) in [6.45, 7) is 4.14. The van der Waals surface area contributed by atoms with Gasteiger partial charge >= 0.3 is 5.97 Å². The van der Waals surface area contributed by atoms with Crippen LogP contribution >= 0.6 is 0 Å². The molecule has 2 saturated heterocycles. The van der Waals surface area contributed by atoms with Crippen molar-refractivity contribution in [2.24, 2.45) is 0 Å². The van der Waals surface area contributed by atoms with Gasteiger partial charge in [0.25, 0.3) is 0 Å². The number of hydrogen-bond acceptors (Lipinski definition) is 6. The van der Waals surface area contributed by atoms with E-state index < -0.39 is 24.2 Å². The van der Waals surface area contributed by atoms with Gasteiger partial charge in [0.1, 0.15) is 6.10 Å². The number of benzene rings is 1. The van der Waals surface area contributed by atoms with Crippen LogP contribution in [0.3, 0.4) is 0 Å². The molecule has 1 aromatic rings. The molecule has 126 valence electrons. The number of ether oxygens (including phenoxy) is 5. The van der Waals surface area contributed by atoms with Crippen LogP contribution in [0.15, 0.2) is 30.3 Å². The fraction of sp³-hybridized carbons (Fsp3) is 0.588. The minimum absolute atomic E-state index is 0.196. The maximum absolute atomic E-state index is 12.3. The predicted molar refractivity (Wildman–Crippen MR) is 80.8 cm³/mol. The molecule has 23 heavy (non-hydrogen) atoms. The summed E-state index contributed by atoms with van der Waals surface area (Å²) in [4.78, 5) is 12.3. The minimum atomic E-state index is -0.668. The Bertz CT molecular complexity index is 543. The van der Waals surface area contributed by atoms with E-state index in [0.29, 0.717) is 18.6 Å². The number of rotatable bonds is 3. The van der Waals surface area contributed by atoms with Crippen molar-refractivity contribution in [3.63, 3.8) is 0 Å². The van der Waals surface area contributed by atoms with Gasteiger partial charge in [0.15, 0.2) is 18.2 Å². The van der Waals surface area contributed by atoms with Crippen molar-refractivity contribution >= 4 is 5.97 Å². The van der Waals surface area contributed by atoms with Crippen molar-refractivity contribution in [2.45, 2.75) is 50.7 Å². The van der Waals surface area contributed by atoms with E-state index in [1.807, 2.05) is 19.9 Å². The summed E-state index contributed by atoms with van der Waals surface area (Å²) in [5, 5.41) is 0. The Balaban J connectivity index is 1.69. The van der Waals surface area contributed by atoms with Crippen LogP contribution in [-0.4, -0.2) is 50.1 Å². The van der Waals surface area contributed by atoms with Gasteiger partial charge in [0, 0.05) is 13.5 Å². The third kappa shape index (κ3) is 3.72. The fourth-order valence-electron chi connectivity index (χ4n) is 2.88. The Morgan fingerprint density at radius 3 is 2.65 bits per heavy atom. The lowest BCUT2D eigenvalue weighted by atomic mass is 10.0. The van der Waals surface area contributed by atoms with Crippen LogP contribution in [0.1, 0.15) is 30.6 Å². The highest BCUT2D eigenvalue weighted by Crippen LogP contribution is 2.33. The van der Waals surface area contributed by atoms with Gasteiger partial charge in [0.05, 0.1) is 18.3 Å². The Hall–Kier alpha value is -1.47. The van der Waals surface area contributed by atoms with Crippen molar-refractivity contribution in [3.05, 3.63) is 35.9 Å². The van der Waals surface area contributed by atoms with Gasteiger partial charge in [-0.1, -0.05) is 18.2 Å². The van der Waals surface area contributed by atoms with E-state index in [9.17, 15) is 4.79 Å². The van der Waals surface area contributed by atoms with Crippen LogP contribution in [0, 0.1) is 0 Å². The molecule has 0 unspecified atom stereocenters. The highest BCUT2D eigenvalue weighted by molar-refractivity contribution is 5.89. The first-order chi connectivity index (χ1) is 11.0. The Morgan fingerprint density at radius 1 is 1.22 bits per heavy atom. The van der Waals surface area contributed by atoms with Crippen molar-refractivity contribution in [1.29, 1.82) is 0 Å². The third-order valence-electron chi connectivity index (χ3n) is 4.02. The molecule has 3 rings (SSSR count). The molecule has 0 aliphatic carbocycles. The van der Waals surface area contributed by atoms with Crippen molar-refractivity contribution in [1.82, 2.24) is 0 Å². The number of methoxy groups -OCH3 is 1. The summed E-state index contributed by atoms with van der Waals surface area (Å²) >= 11 is 0. The van der Waals surface area contributed by atoms with Gasteiger partial charge in [-0.3, -0.25) is 0 Å². The monoisotopic (exact) mass is 322 g/mol. The van der Waals surface area contributed by atoms with Gasteiger partial charge in [-0.15, -0.1) is 0 Å². The van der Waals surface area contributed by atoms with Crippen LogP contribution in [0.5, 0.6) is 0 Å². The Morgan fingerprint density at radius 2 is 1.96 bits per heavy atom. The molecule has 0 aromatic heterocycles. The van der Waals surface area contributed by atoms with E-state index in [2.05, 4.69) is 0 Å². The van der Waals surface area contributed by atoms with Gasteiger partial charge < -0.3 is 23.7 Å². The third-order valence-corrected chi connectivity index (χ3v) is 4.02. The zero-order chi connectivity index (χ0) is 16.4. The van der Waals surface area contributed by atoms with Gasteiger partial charge in [-0.05, 0) is 26.0 Å². The second-order valence-corrected chi connectivity index (χ2v) is 6.19. The molecule has 0 bridgehead atoms. The molecule has 1 aromatic carbocycles. The van der Waals surface area contributed by atoms with E-state index >= 15 is 0 Å². The van der Waals surface area contributed by atoms with E-state index in [4.69, 9.17) is 23.7 Å². The molecular weight excluding hydrogens is 300 g/mol. The molecule has 0 radical (unpaired) electrons. The van der Waals surface area contributed by atoms with E-state index in [-0.39, 0.29) is 12.2 Å². The zero-order valence-corrected chi connectivity index (χ0v) is 13.6. The smallest absolute Gasteiger partial charge is 0.338 e. The SMILES string of the molecule is CO[C@H]1O[C@@H]2COC(C)(C)O[C@@H]2C[C@H]1OC(=O)c1ccccc1. The number of esters is 1. The number of carbonyl (C=O) groups excluding carboxylic acids is 1. The first kappa shape index (κ1) is 16.4. The molecule has 2 heterocycles. The Kier molecular flexibility index (Phi) is 4.68. The molecule has 0 amide bonds. The summed E-state index contributed by atoms with van der Waals surface area (Å²) in [5.74, 6) is -1.07. The second-order valence-electron chi connectivity index (χ2n) is 6.19. The molecular formula is C17H22O6. The van der Waals surface area contributed by atoms with Crippen LogP contribution in [-0.2, 0) is 23.7 Å². The standard InChI is InChI=1S/C17H22O6/c1-17(2)20-10-14-12(23-17)9-13(16(19-3)22-14)21-15(18)11-7-5-4-6-8-11/h4-8,12-14,16H,9-10H2,1-3H3/t12-,13-,14-,16+/m1/s1. The molecule has 2 fully saturated rings. The molecule has 0 spiro atoms. The quantitative estimate of drug-likeness (QED) is 0.795. The maximum atomic E-state index is 12.3. The van der Waals surface area contributed by atoms with E-state index in [0.717, 1.165) is 0 Å². The lowest BCUT2D eigenvalue weighted by molar-refractivity contribution is -0.357. The first-order valence-corrected chi connectivity index (χ1v) is 7.74. The maximum Gasteiger partial charge on any atom is 0.338 e. The highest BCUT2D eigenvalue weighted by Gasteiger charge is 2.46. The fourth-order valence-corrected chi connectivity index (χ4v) is 2.88. The summed E-state index contributed by atoms with van der Waals surface area (Å²) < 4.78 is 28.2. The molecule has 2 aliphatic rings. The van der Waals surface area contributed by atoms with E-state index in [1.54, 1.807) is 24.3 Å². The van der Waals surface area contributed by atoms with Gasteiger partial charge in [-0.25, -0.2) is 4.79 Å². The topological polar surface area (TPSA) is 63.2 Å². The predicted octanol–water partition coefficient (Wildman–Crippen LogP) is 2.12. The van der Waals surface area contributed by atoms with Crippen LogP contribution in [0.2, 0.25) is 0 Å². The number of hydrogen-bond donors (Lipinski definition) is 0. The Labute approximate surface area is 135 Å². The largest absolute Gasteiger partial charge is 0.453 e. The zero-order valence-electron chi connectivity index (χ0n) is 13.6. The molecule has 2 aliphatic heterocycles. The highest BCUT2D eigenvalue weighted by atomic mass is 16.8. The van der Waals surface area contributed by atoms with Crippen LogP contribution in [0.25, 0.3) is 0 Å². The summed E-state index contributed by atoms with van der Waals surface area (Å²) in [6.07, 6.45) is -1.06. The molecule has 0 N–H and O–H groups in total. The first-order valence-electron chi connectivity index (χ1n) is 7.74. The summed E-state index contributed by atoms with van der Waals surface area (Å²) in [7, 11) is 1.53. The lowest BCUT2D eigenvalue weighted by Crippen LogP contribution is -2.58. The molecule has 6 nitrogen and oxygen atoms in total. The molecule has 0 saturated carbocycles. The molecule has 6 heteroatoms. The molecule has 4 atom stereocenters. The van der Waals surface area contributed by atoms with Crippen molar-refractivity contribution in [2.75, 3.05) is 13.7 Å². The van der Waals surface area contributed by atoms with Gasteiger partial charge in [-0.2, -0.15) is 0 Å². The lowest BCUT2D eigenvalue weighted by Gasteiger charge is -2.46. The van der Waals surface area contributed by atoms with Crippen molar-refractivity contribution < 1.29 is 28.5 Å². The van der Waals surface area contributed by atoms with Crippen LogP contribution < -0.4 is 0 Å². The average molecular weight is 322 g/mol. The number of fused-ring (bicyclic) bond motifs is 1. The average Bonchev–Trinajstić information content (AvgIpc) is 2.54. The summed E-state index contributed by atoms with van der Waals surface area (Å²) in [5.41, 5.74) is 0.498. The number of carbonyl (C=O) groups is 1. The van der Waals surface area contributed by atoms with Crippen molar-refractivity contribution in [3.8, 4) is 0 Å². The summed E-state index contributed by atoms with van der Waals surface area (Å²) in [6, 6.07) is 8.86. The second kappa shape index (κ2) is 6.57. The normalized spacial score (nSPS) is 32.8. The van der Waals surface area contributed by atoms with E-state index in [1.165, 1.54) is 7.11 Å².